The van der Waals surface area contributed by atoms with Gasteiger partial charge >= 0.3 is 0 Å². The molecule has 1 rings (SSSR count). The third kappa shape index (κ3) is 0.265. The molecule has 1 N–H and O–H groups in total. The maximum atomic E-state index is 3.54. The molecule has 1 aromatic heterocycles. The second kappa shape index (κ2) is 0.885. The van der Waals surface area contributed by atoms with Crippen LogP contribution in [0.5, 0.6) is 0 Å². The summed E-state index contributed by atoms with van der Waals surface area (Å²) in [6, 6.07) is 0. The van der Waals surface area contributed by atoms with Crippen molar-refractivity contribution < 1.29 is 0 Å². The lowest BCUT2D eigenvalue weighted by molar-refractivity contribution is 1.29. The number of rotatable bonds is 0. The summed E-state index contributed by atoms with van der Waals surface area (Å²) in [5.74, 6) is 0. The molecule has 2 heteroatoms. The van der Waals surface area contributed by atoms with Gasteiger partial charge in [-0.15, -0.1) is 0 Å². The van der Waals surface area contributed by atoms with Crippen LogP contribution in [0.1, 0.15) is 0 Å². The first-order chi connectivity index (χ1) is 2.50. The van der Waals surface area contributed by atoms with E-state index in [9.17, 15) is 0 Å². The number of aromatic amines is 1. The second-order valence-corrected chi connectivity index (χ2v) is 0.701. The van der Waals surface area contributed by atoms with E-state index in [-0.39, 0.29) is 0 Å². The molecule has 1 heterocycles. The highest BCUT2D eigenvalue weighted by Gasteiger charge is 1.58. The number of hydrogen-bond donors (Lipinski definition) is 1. The van der Waals surface area contributed by atoms with Gasteiger partial charge in [0.15, 0.2) is 6.33 Å². The predicted octanol–water partition coefficient (Wildman–Crippen LogP) is 0.210. The number of nitrogens with zero attached hydrogens (tertiary/aromatic N) is 1. The van der Waals surface area contributed by atoms with Crippen LogP contribution in [0.2, 0.25) is 0 Å². The van der Waals surface area contributed by atoms with Gasteiger partial charge in [0.25, 0.3) is 0 Å². The molecule has 1 radical (unpaired) electrons. The Morgan fingerprint density at radius 3 is 3.00 bits per heavy atom. The van der Waals surface area contributed by atoms with E-state index in [2.05, 4.69) is 16.3 Å². The fraction of sp³-hybridized carbons (Fsp3) is 0. The average Bonchev–Trinajstić information content (AvgIpc) is 1.76. The summed E-state index contributed by atoms with van der Waals surface area (Å²) in [7, 11) is 0. The van der Waals surface area contributed by atoms with Crippen molar-refractivity contribution in [3.8, 4) is 0 Å². The highest BCUT2D eigenvalue weighted by molar-refractivity contribution is 4.63. The van der Waals surface area contributed by atoms with Crippen LogP contribution < -0.4 is 0 Å². The highest BCUT2D eigenvalue weighted by Crippen LogP contribution is 1.61. The number of aromatic nitrogens is 2. The first-order valence-electron chi connectivity index (χ1n) is 1.35. The monoisotopic (exact) mass is 67.0 g/mol. The molecule has 0 atom stereocenters. The molecule has 1 aromatic rings. The van der Waals surface area contributed by atoms with Crippen molar-refractivity contribution in [2.45, 2.75) is 0 Å². The van der Waals surface area contributed by atoms with Crippen molar-refractivity contribution in [3.63, 3.8) is 0 Å². The number of H-pyrrole nitrogens is 1. The zero-order chi connectivity index (χ0) is 3.54. The lowest BCUT2D eigenvalue weighted by Gasteiger charge is -1.44. The molecule has 25 valence electrons. The SMILES string of the molecule is [c]1ncc[nH]1. The summed E-state index contributed by atoms with van der Waals surface area (Å²) >= 11 is 0. The largest absolute Gasteiger partial charge is 0.342 e. The Labute approximate surface area is 29.9 Å². The standard InChI is InChI=1S/C3H3N2/c1-2-5-3-4-1/h1-2H,(H,4,5). The summed E-state index contributed by atoms with van der Waals surface area (Å²) < 4.78 is 0. The van der Waals surface area contributed by atoms with Crippen LogP contribution in [-0.2, 0) is 0 Å². The molecule has 0 aliphatic heterocycles. The molecule has 5 heavy (non-hydrogen) atoms. The van der Waals surface area contributed by atoms with Gasteiger partial charge in [-0.3, -0.25) is 0 Å². The minimum atomic E-state index is 1.64. The highest BCUT2D eigenvalue weighted by atomic mass is 14.8. The molecule has 0 aliphatic carbocycles. The summed E-state index contributed by atoms with van der Waals surface area (Å²) in [5, 5.41) is 0. The Bertz CT molecular complexity index is 61.4. The Morgan fingerprint density at radius 1 is 1.80 bits per heavy atom. The van der Waals surface area contributed by atoms with Crippen LogP contribution >= 0.6 is 0 Å². The van der Waals surface area contributed by atoms with Crippen LogP contribution in [-0.4, -0.2) is 9.97 Å². The Morgan fingerprint density at radius 2 is 2.80 bits per heavy atom. The zero-order valence-corrected chi connectivity index (χ0v) is 2.60. The van der Waals surface area contributed by atoms with E-state index in [0.29, 0.717) is 0 Å². The number of hydrogen-bond acceptors (Lipinski definition) is 1. The van der Waals surface area contributed by atoms with E-state index >= 15 is 0 Å². The lowest BCUT2D eigenvalue weighted by atomic mass is 11.0. The van der Waals surface area contributed by atoms with Gasteiger partial charge in [-0.25, -0.2) is 4.98 Å². The van der Waals surface area contributed by atoms with Gasteiger partial charge in [-0.1, -0.05) is 0 Å². The van der Waals surface area contributed by atoms with Crippen molar-refractivity contribution in [2.24, 2.45) is 0 Å². The fourth-order valence-electron chi connectivity index (χ4n) is 0.186. The maximum absolute atomic E-state index is 3.54. The van der Waals surface area contributed by atoms with Gasteiger partial charge in [0.2, 0.25) is 0 Å². The molecule has 0 aromatic carbocycles. The average molecular weight is 67.1 g/mol. The fourth-order valence-corrected chi connectivity index (χ4v) is 0.186. The summed E-state index contributed by atoms with van der Waals surface area (Å²) in [6.45, 7) is 0. The van der Waals surface area contributed by atoms with E-state index in [4.69, 9.17) is 0 Å². The molecule has 0 spiro atoms. The van der Waals surface area contributed by atoms with Gasteiger partial charge in [0, 0.05) is 12.4 Å². The normalized spacial score (nSPS) is 8.00. The lowest BCUT2D eigenvalue weighted by Crippen LogP contribution is -1.46. The zero-order valence-electron chi connectivity index (χ0n) is 2.60. The molecule has 0 saturated heterocycles. The van der Waals surface area contributed by atoms with Crippen LogP contribution in [0, 0.1) is 6.33 Å². The van der Waals surface area contributed by atoms with Crippen molar-refractivity contribution in [1.82, 2.24) is 9.97 Å². The molecule has 0 amide bonds. The van der Waals surface area contributed by atoms with Crippen LogP contribution in [0.4, 0.5) is 0 Å². The van der Waals surface area contributed by atoms with Gasteiger partial charge < -0.3 is 4.98 Å². The quantitative estimate of drug-likeness (QED) is 0.461. The number of imidazole rings is 1. The van der Waals surface area contributed by atoms with Crippen LogP contribution in [0.15, 0.2) is 12.4 Å². The van der Waals surface area contributed by atoms with Crippen molar-refractivity contribution in [2.75, 3.05) is 0 Å². The maximum Gasteiger partial charge on any atom is 0.173 e. The summed E-state index contributed by atoms with van der Waals surface area (Å²) in [6.07, 6.45) is 5.83. The Balaban J connectivity index is 3.13. The van der Waals surface area contributed by atoms with Crippen molar-refractivity contribution in [3.05, 3.63) is 18.7 Å². The molecule has 0 saturated carbocycles. The third-order valence-electron chi connectivity index (χ3n) is 0.362. The molecule has 0 unspecified atom stereocenters. The molecule has 0 fully saturated rings. The summed E-state index contributed by atoms with van der Waals surface area (Å²) in [4.78, 5) is 6.17. The van der Waals surface area contributed by atoms with E-state index in [0.717, 1.165) is 0 Å². The predicted molar refractivity (Wildman–Crippen MR) is 17.4 cm³/mol. The summed E-state index contributed by atoms with van der Waals surface area (Å²) in [5.41, 5.74) is 0. The third-order valence-corrected chi connectivity index (χ3v) is 0.362. The molecule has 0 bridgehead atoms. The van der Waals surface area contributed by atoms with E-state index in [1.807, 2.05) is 0 Å². The van der Waals surface area contributed by atoms with Crippen molar-refractivity contribution in [1.29, 1.82) is 0 Å². The molecular formula is C3H3N2. The molecular weight excluding hydrogens is 64.0 g/mol. The minimum absolute atomic E-state index is 1.64. The van der Waals surface area contributed by atoms with E-state index < -0.39 is 0 Å². The van der Waals surface area contributed by atoms with Gasteiger partial charge in [0.1, 0.15) is 0 Å². The molecule has 2 nitrogen and oxygen atoms in total. The van der Waals surface area contributed by atoms with Crippen molar-refractivity contribution >= 4 is 0 Å². The van der Waals surface area contributed by atoms with Crippen LogP contribution in [0.25, 0.3) is 0 Å². The topological polar surface area (TPSA) is 28.7 Å². The van der Waals surface area contributed by atoms with Crippen LogP contribution in [0.3, 0.4) is 0 Å². The number of nitrogens with one attached hydrogen (secondary N) is 1. The first kappa shape index (κ1) is 2.45. The van der Waals surface area contributed by atoms with E-state index in [1.165, 1.54) is 0 Å². The molecule has 0 aliphatic rings. The Hall–Kier alpha value is -0.790. The second-order valence-electron chi connectivity index (χ2n) is 0.701. The van der Waals surface area contributed by atoms with Gasteiger partial charge in [-0.2, -0.15) is 0 Å². The smallest absolute Gasteiger partial charge is 0.173 e. The first-order valence-corrected chi connectivity index (χ1v) is 1.35. The van der Waals surface area contributed by atoms with E-state index in [1.54, 1.807) is 12.4 Å². The Kier molecular flexibility index (Phi) is 0.433. The minimum Gasteiger partial charge on any atom is -0.342 e. The van der Waals surface area contributed by atoms with Gasteiger partial charge in [0.05, 0.1) is 0 Å². The van der Waals surface area contributed by atoms with Gasteiger partial charge in [-0.05, 0) is 0 Å².